The van der Waals surface area contributed by atoms with E-state index in [1.807, 2.05) is 0 Å². The van der Waals surface area contributed by atoms with Gasteiger partial charge in [0.2, 0.25) is 5.75 Å². The maximum Gasteiger partial charge on any atom is 0.323 e. The quantitative estimate of drug-likeness (QED) is 0.344. The van der Waals surface area contributed by atoms with E-state index in [0.29, 0.717) is 53.8 Å². The van der Waals surface area contributed by atoms with Crippen molar-refractivity contribution in [2.75, 3.05) is 13.7 Å². The lowest BCUT2D eigenvalue weighted by Gasteiger charge is -2.43. The van der Waals surface area contributed by atoms with Crippen LogP contribution in [0.15, 0.2) is 58.9 Å². The number of carboxylic acid groups (broad SMARTS) is 1. The Labute approximate surface area is 233 Å². The standard InChI is InChI=1S/C28H25N3O10/c1-40-24-12-15(8-10-23(24)41-22-11-9-16(30(36)37)13-19(22)31(38)39)26-27-17(4-2-6-20(27)32)29(14-25(34)35)18-5-3-7-21(33)28(18)26/h8-13,26H,2-7,14H2,1H3,(H,34,35). The zero-order valence-electron chi connectivity index (χ0n) is 22.0. The Bertz CT molecular complexity index is 1530. The van der Waals surface area contributed by atoms with Crippen LogP contribution >= 0.6 is 0 Å². The topological polar surface area (TPSA) is 179 Å². The van der Waals surface area contributed by atoms with E-state index in [9.17, 15) is 39.7 Å². The largest absolute Gasteiger partial charge is 0.493 e. The van der Waals surface area contributed by atoms with E-state index in [1.165, 1.54) is 13.2 Å². The fourth-order valence-electron chi connectivity index (χ4n) is 5.79. The van der Waals surface area contributed by atoms with E-state index in [-0.39, 0.29) is 48.2 Å². The van der Waals surface area contributed by atoms with Crippen molar-refractivity contribution in [3.63, 3.8) is 0 Å². The van der Waals surface area contributed by atoms with Gasteiger partial charge in [0, 0.05) is 47.4 Å². The summed E-state index contributed by atoms with van der Waals surface area (Å²) in [7, 11) is 1.36. The number of hydrogen-bond acceptors (Lipinski definition) is 10. The van der Waals surface area contributed by atoms with Crippen LogP contribution in [0, 0.1) is 20.2 Å². The van der Waals surface area contributed by atoms with Gasteiger partial charge >= 0.3 is 11.7 Å². The molecule has 13 nitrogen and oxygen atoms in total. The van der Waals surface area contributed by atoms with Crippen LogP contribution in [0.5, 0.6) is 17.2 Å². The molecule has 0 saturated heterocycles. The molecule has 2 aromatic carbocycles. The number of nitro benzene ring substituents is 2. The van der Waals surface area contributed by atoms with Gasteiger partial charge in [0.15, 0.2) is 23.1 Å². The van der Waals surface area contributed by atoms with Crippen LogP contribution in [-0.2, 0) is 14.4 Å². The molecule has 0 radical (unpaired) electrons. The first-order chi connectivity index (χ1) is 19.6. The number of carboxylic acids is 1. The molecule has 5 rings (SSSR count). The minimum Gasteiger partial charge on any atom is -0.493 e. The molecule has 0 saturated carbocycles. The van der Waals surface area contributed by atoms with Crippen LogP contribution in [0.25, 0.3) is 0 Å². The van der Waals surface area contributed by atoms with Crippen LogP contribution in [0.3, 0.4) is 0 Å². The van der Waals surface area contributed by atoms with Gasteiger partial charge in [0.1, 0.15) is 6.54 Å². The highest BCUT2D eigenvalue weighted by Gasteiger charge is 2.44. The second-order valence-electron chi connectivity index (χ2n) is 9.87. The Hall–Kier alpha value is -5.07. The lowest BCUT2D eigenvalue weighted by Crippen LogP contribution is -2.41. The molecule has 41 heavy (non-hydrogen) atoms. The number of rotatable bonds is 8. The average molecular weight is 564 g/mol. The molecule has 0 spiro atoms. The van der Waals surface area contributed by atoms with Crippen molar-refractivity contribution in [1.82, 2.24) is 4.90 Å². The number of allylic oxidation sites excluding steroid dienone is 4. The number of ether oxygens (including phenoxy) is 2. The second kappa shape index (κ2) is 10.8. The third kappa shape index (κ3) is 5.01. The van der Waals surface area contributed by atoms with Crippen LogP contribution < -0.4 is 9.47 Å². The van der Waals surface area contributed by atoms with Gasteiger partial charge < -0.3 is 19.5 Å². The van der Waals surface area contributed by atoms with E-state index in [4.69, 9.17) is 9.47 Å². The summed E-state index contributed by atoms with van der Waals surface area (Å²) < 4.78 is 11.3. The summed E-state index contributed by atoms with van der Waals surface area (Å²) in [6.07, 6.45) is 2.68. The molecule has 212 valence electrons. The molecule has 0 bridgehead atoms. The average Bonchev–Trinajstić information content (AvgIpc) is 2.93. The molecule has 13 heteroatoms. The predicted octanol–water partition coefficient (Wildman–Crippen LogP) is 4.80. The van der Waals surface area contributed by atoms with Crippen LogP contribution in [0.2, 0.25) is 0 Å². The Kier molecular flexibility index (Phi) is 7.26. The fourth-order valence-corrected chi connectivity index (χ4v) is 5.79. The predicted molar refractivity (Wildman–Crippen MR) is 142 cm³/mol. The number of nitrogens with zero attached hydrogens (tertiary/aromatic N) is 3. The molecule has 2 aromatic rings. The van der Waals surface area contributed by atoms with Crippen molar-refractivity contribution in [1.29, 1.82) is 0 Å². The number of aliphatic carboxylic acids is 1. The monoisotopic (exact) mass is 563 g/mol. The molecular weight excluding hydrogens is 538 g/mol. The smallest absolute Gasteiger partial charge is 0.323 e. The van der Waals surface area contributed by atoms with Gasteiger partial charge in [-0.25, -0.2) is 0 Å². The number of carbonyl (C=O) groups excluding carboxylic acids is 2. The van der Waals surface area contributed by atoms with Crippen molar-refractivity contribution in [3.8, 4) is 17.2 Å². The number of hydrogen-bond donors (Lipinski definition) is 1. The van der Waals surface area contributed by atoms with E-state index >= 15 is 0 Å². The van der Waals surface area contributed by atoms with E-state index < -0.39 is 33.1 Å². The molecule has 1 aliphatic heterocycles. The van der Waals surface area contributed by atoms with E-state index in [1.54, 1.807) is 17.0 Å². The van der Waals surface area contributed by atoms with Crippen LogP contribution in [-0.4, -0.2) is 51.0 Å². The van der Waals surface area contributed by atoms with Crippen LogP contribution in [0.4, 0.5) is 11.4 Å². The molecule has 1 heterocycles. The summed E-state index contributed by atoms with van der Waals surface area (Å²) in [5.41, 5.74) is 1.49. The zero-order chi connectivity index (χ0) is 29.4. The molecule has 0 aromatic heterocycles. The first kappa shape index (κ1) is 27.5. The third-order valence-corrected chi connectivity index (χ3v) is 7.47. The maximum atomic E-state index is 13.3. The van der Waals surface area contributed by atoms with Crippen LogP contribution in [0.1, 0.15) is 50.0 Å². The summed E-state index contributed by atoms with van der Waals surface area (Å²) in [5.74, 6) is -2.13. The molecule has 0 fully saturated rings. The van der Waals surface area contributed by atoms with Gasteiger partial charge in [-0.15, -0.1) is 0 Å². The number of methoxy groups -OCH3 is 1. The summed E-state index contributed by atoms with van der Waals surface area (Å²) in [4.78, 5) is 61.2. The van der Waals surface area contributed by atoms with Crippen molar-refractivity contribution < 1.29 is 38.8 Å². The van der Waals surface area contributed by atoms with Gasteiger partial charge in [-0.05, 0) is 49.4 Å². The highest BCUT2D eigenvalue weighted by molar-refractivity contribution is 6.06. The lowest BCUT2D eigenvalue weighted by atomic mass is 9.71. The van der Waals surface area contributed by atoms with E-state index in [0.717, 1.165) is 18.2 Å². The normalized spacial score (nSPS) is 17.2. The Morgan fingerprint density at radius 3 is 2.05 bits per heavy atom. The Morgan fingerprint density at radius 2 is 1.51 bits per heavy atom. The lowest BCUT2D eigenvalue weighted by molar-refractivity contribution is -0.394. The Balaban J connectivity index is 1.61. The SMILES string of the molecule is COc1cc(C2C3=C(CCCC3=O)N(CC(=O)O)C3=C2C(=O)CCC3)ccc1Oc1ccc([N+](=O)[O-])cc1[N+](=O)[O-]. The van der Waals surface area contributed by atoms with Crippen molar-refractivity contribution in [2.45, 2.75) is 44.4 Å². The summed E-state index contributed by atoms with van der Waals surface area (Å²) >= 11 is 0. The van der Waals surface area contributed by atoms with Gasteiger partial charge in [0.05, 0.1) is 23.0 Å². The van der Waals surface area contributed by atoms with Gasteiger partial charge in [-0.2, -0.15) is 0 Å². The third-order valence-electron chi connectivity index (χ3n) is 7.47. The number of non-ortho nitro benzene ring substituents is 1. The number of nitro groups is 2. The molecule has 2 aliphatic carbocycles. The molecule has 0 amide bonds. The van der Waals surface area contributed by atoms with Crippen molar-refractivity contribution in [2.24, 2.45) is 0 Å². The first-order valence-electron chi connectivity index (χ1n) is 12.9. The number of benzene rings is 2. The minimum atomic E-state index is -1.07. The zero-order valence-corrected chi connectivity index (χ0v) is 22.0. The van der Waals surface area contributed by atoms with Crippen molar-refractivity contribution in [3.05, 3.63) is 84.7 Å². The van der Waals surface area contributed by atoms with Crippen molar-refractivity contribution >= 4 is 28.9 Å². The van der Waals surface area contributed by atoms with Gasteiger partial charge in [-0.1, -0.05) is 6.07 Å². The molecule has 0 atom stereocenters. The van der Waals surface area contributed by atoms with Gasteiger partial charge in [0.25, 0.3) is 5.69 Å². The highest BCUT2D eigenvalue weighted by Crippen LogP contribution is 2.50. The second-order valence-corrected chi connectivity index (χ2v) is 9.87. The van der Waals surface area contributed by atoms with E-state index in [2.05, 4.69) is 0 Å². The summed E-state index contributed by atoms with van der Waals surface area (Å²) in [6, 6.07) is 7.71. The minimum absolute atomic E-state index is 0.0739. The molecule has 1 N–H and O–H groups in total. The number of carbonyl (C=O) groups is 3. The summed E-state index contributed by atoms with van der Waals surface area (Å²) in [5, 5.41) is 32.3. The fraction of sp³-hybridized carbons (Fsp3) is 0.321. The number of ketones is 2. The summed E-state index contributed by atoms with van der Waals surface area (Å²) in [6.45, 7) is -0.352. The molecule has 3 aliphatic rings. The Morgan fingerprint density at radius 1 is 0.902 bits per heavy atom. The molecule has 0 unspecified atom stereocenters. The number of Topliss-reactive ketones (excluding diaryl/α,β-unsaturated/α-hetero) is 2. The first-order valence-corrected chi connectivity index (χ1v) is 12.9. The molecular formula is C28H25N3O10. The maximum absolute atomic E-state index is 13.3. The highest BCUT2D eigenvalue weighted by atomic mass is 16.6. The van der Waals surface area contributed by atoms with Gasteiger partial charge in [-0.3, -0.25) is 34.6 Å².